The number of halogens is 1. The van der Waals surface area contributed by atoms with Gasteiger partial charge >= 0.3 is 0 Å². The molecular formula is C7H4ClN2. The molecule has 0 aliphatic rings. The summed E-state index contributed by atoms with van der Waals surface area (Å²) in [6.45, 7) is 0. The minimum absolute atomic E-state index is 0.686. The summed E-state index contributed by atoms with van der Waals surface area (Å²) in [5.74, 6) is 0. The molecule has 2 nitrogen and oxygen atoms in total. The van der Waals surface area contributed by atoms with E-state index in [4.69, 9.17) is 11.6 Å². The SMILES string of the molecule is Clc1cccc2[c]n[nH]c12. The number of benzene rings is 1. The number of fused-ring (bicyclic) bond motifs is 1. The Hall–Kier alpha value is -1.02. The first-order chi connectivity index (χ1) is 4.88. The Morgan fingerprint density at radius 3 is 3.20 bits per heavy atom. The van der Waals surface area contributed by atoms with Crippen LogP contribution in [0.2, 0.25) is 5.02 Å². The van der Waals surface area contributed by atoms with Gasteiger partial charge in [-0.05, 0) is 6.07 Å². The van der Waals surface area contributed by atoms with E-state index >= 15 is 0 Å². The number of nitrogens with one attached hydrogen (secondary N) is 1. The molecule has 0 aliphatic carbocycles. The van der Waals surface area contributed by atoms with Crippen molar-refractivity contribution in [2.24, 2.45) is 0 Å². The van der Waals surface area contributed by atoms with Crippen LogP contribution in [0.5, 0.6) is 0 Å². The first-order valence-corrected chi connectivity index (χ1v) is 3.26. The largest absolute Gasteiger partial charge is 0.276 e. The molecule has 3 heteroatoms. The van der Waals surface area contributed by atoms with Gasteiger partial charge in [0, 0.05) is 5.39 Å². The van der Waals surface area contributed by atoms with Crippen LogP contribution in [0.25, 0.3) is 10.9 Å². The van der Waals surface area contributed by atoms with Gasteiger partial charge in [-0.1, -0.05) is 23.7 Å². The Balaban J connectivity index is 2.95. The smallest absolute Gasteiger partial charge is 0.121 e. The van der Waals surface area contributed by atoms with Crippen LogP contribution >= 0.6 is 11.6 Å². The van der Waals surface area contributed by atoms with E-state index in [0.29, 0.717) is 5.02 Å². The molecule has 10 heavy (non-hydrogen) atoms. The van der Waals surface area contributed by atoms with E-state index in [1.165, 1.54) is 0 Å². The molecule has 49 valence electrons. The highest BCUT2D eigenvalue weighted by Gasteiger charge is 1.97. The zero-order chi connectivity index (χ0) is 6.97. The van der Waals surface area contributed by atoms with Crippen molar-refractivity contribution in [3.63, 3.8) is 0 Å². The average Bonchev–Trinajstić information content (AvgIpc) is 2.36. The van der Waals surface area contributed by atoms with Crippen LogP contribution in [-0.4, -0.2) is 10.2 Å². The van der Waals surface area contributed by atoms with Crippen molar-refractivity contribution >= 4 is 22.5 Å². The number of rotatable bonds is 0. The molecule has 2 aromatic rings. The predicted octanol–water partition coefficient (Wildman–Crippen LogP) is 2.02. The molecule has 0 saturated heterocycles. The van der Waals surface area contributed by atoms with Crippen LogP contribution in [0.15, 0.2) is 18.2 Å². The quantitative estimate of drug-likeness (QED) is 0.613. The minimum Gasteiger partial charge on any atom is -0.276 e. The summed E-state index contributed by atoms with van der Waals surface area (Å²) in [4.78, 5) is 0. The lowest BCUT2D eigenvalue weighted by atomic mass is 10.3. The lowest BCUT2D eigenvalue weighted by Crippen LogP contribution is -1.68. The van der Waals surface area contributed by atoms with Gasteiger partial charge in [0.15, 0.2) is 0 Å². The third kappa shape index (κ3) is 0.693. The summed E-state index contributed by atoms with van der Waals surface area (Å²) in [6, 6.07) is 5.59. The van der Waals surface area contributed by atoms with Crippen LogP contribution < -0.4 is 0 Å². The number of aromatic nitrogens is 2. The molecule has 0 aliphatic heterocycles. The number of aromatic amines is 1. The zero-order valence-electron chi connectivity index (χ0n) is 5.06. The summed E-state index contributed by atoms with van der Waals surface area (Å²) >= 11 is 5.81. The number of H-pyrrole nitrogens is 1. The van der Waals surface area contributed by atoms with E-state index in [-0.39, 0.29) is 0 Å². The molecule has 1 aromatic heterocycles. The van der Waals surface area contributed by atoms with Gasteiger partial charge in [-0.3, -0.25) is 5.10 Å². The van der Waals surface area contributed by atoms with Crippen molar-refractivity contribution in [1.29, 1.82) is 0 Å². The second-order valence-corrected chi connectivity index (χ2v) is 2.41. The molecule has 0 saturated carbocycles. The lowest BCUT2D eigenvalue weighted by molar-refractivity contribution is 1.11. The number of para-hydroxylation sites is 1. The summed E-state index contributed by atoms with van der Waals surface area (Å²) in [7, 11) is 0. The summed E-state index contributed by atoms with van der Waals surface area (Å²) < 4.78 is 0. The monoisotopic (exact) mass is 151 g/mol. The van der Waals surface area contributed by atoms with Gasteiger partial charge in [0.1, 0.15) is 6.20 Å². The molecule has 0 unspecified atom stereocenters. The van der Waals surface area contributed by atoms with Crippen LogP contribution in [0, 0.1) is 6.20 Å². The summed E-state index contributed by atoms with van der Waals surface area (Å²) in [5, 5.41) is 8.09. The minimum atomic E-state index is 0.686. The molecule has 0 bridgehead atoms. The Bertz CT molecular complexity index is 353. The Kier molecular flexibility index (Phi) is 1.14. The molecule has 0 fully saturated rings. The molecule has 1 aromatic carbocycles. The maximum Gasteiger partial charge on any atom is 0.121 e. The highest BCUT2D eigenvalue weighted by molar-refractivity contribution is 6.34. The van der Waals surface area contributed by atoms with Crippen LogP contribution in [0.4, 0.5) is 0 Å². The third-order valence-electron chi connectivity index (χ3n) is 1.36. The summed E-state index contributed by atoms with van der Waals surface area (Å²) in [5.41, 5.74) is 0.851. The van der Waals surface area contributed by atoms with Crippen LogP contribution in [-0.2, 0) is 0 Å². The van der Waals surface area contributed by atoms with Gasteiger partial charge in [0.2, 0.25) is 0 Å². The van der Waals surface area contributed by atoms with E-state index < -0.39 is 0 Å². The Morgan fingerprint density at radius 1 is 1.50 bits per heavy atom. The molecule has 0 atom stereocenters. The van der Waals surface area contributed by atoms with Gasteiger partial charge in [-0.15, -0.1) is 0 Å². The van der Waals surface area contributed by atoms with E-state index in [9.17, 15) is 0 Å². The molecule has 1 N–H and O–H groups in total. The van der Waals surface area contributed by atoms with Crippen molar-refractivity contribution in [3.8, 4) is 0 Å². The predicted molar refractivity (Wildman–Crippen MR) is 39.9 cm³/mol. The fourth-order valence-electron chi connectivity index (χ4n) is 0.875. The average molecular weight is 152 g/mol. The number of hydrogen-bond acceptors (Lipinski definition) is 1. The fraction of sp³-hybridized carbons (Fsp3) is 0. The van der Waals surface area contributed by atoms with E-state index in [2.05, 4.69) is 16.4 Å². The third-order valence-corrected chi connectivity index (χ3v) is 1.67. The van der Waals surface area contributed by atoms with Crippen molar-refractivity contribution in [2.45, 2.75) is 0 Å². The number of nitrogens with zero attached hydrogens (tertiary/aromatic N) is 1. The molecule has 1 heterocycles. The molecule has 1 radical (unpaired) electrons. The van der Waals surface area contributed by atoms with Crippen molar-refractivity contribution in [1.82, 2.24) is 10.2 Å². The zero-order valence-corrected chi connectivity index (χ0v) is 5.81. The molecule has 0 amide bonds. The van der Waals surface area contributed by atoms with Crippen molar-refractivity contribution in [2.75, 3.05) is 0 Å². The fourth-order valence-corrected chi connectivity index (χ4v) is 1.09. The van der Waals surface area contributed by atoms with Gasteiger partial charge in [-0.2, -0.15) is 5.10 Å². The van der Waals surface area contributed by atoms with Crippen molar-refractivity contribution in [3.05, 3.63) is 29.4 Å². The van der Waals surface area contributed by atoms with Gasteiger partial charge in [0.25, 0.3) is 0 Å². The highest BCUT2D eigenvalue weighted by atomic mass is 35.5. The van der Waals surface area contributed by atoms with Gasteiger partial charge in [-0.25, -0.2) is 0 Å². The second-order valence-electron chi connectivity index (χ2n) is 2.00. The van der Waals surface area contributed by atoms with E-state index in [1.807, 2.05) is 18.2 Å². The van der Waals surface area contributed by atoms with Gasteiger partial charge in [0.05, 0.1) is 10.5 Å². The number of hydrogen-bond donors (Lipinski definition) is 1. The van der Waals surface area contributed by atoms with E-state index in [0.717, 1.165) is 10.9 Å². The van der Waals surface area contributed by atoms with Gasteiger partial charge < -0.3 is 0 Å². The van der Waals surface area contributed by atoms with Crippen LogP contribution in [0.1, 0.15) is 0 Å². The molecular weight excluding hydrogens is 148 g/mol. The van der Waals surface area contributed by atoms with Crippen LogP contribution in [0.3, 0.4) is 0 Å². The first-order valence-electron chi connectivity index (χ1n) is 2.88. The van der Waals surface area contributed by atoms with E-state index in [1.54, 1.807) is 0 Å². The highest BCUT2D eigenvalue weighted by Crippen LogP contribution is 2.19. The second kappa shape index (κ2) is 1.99. The Labute approximate surface area is 62.8 Å². The van der Waals surface area contributed by atoms with Crippen molar-refractivity contribution < 1.29 is 0 Å². The molecule has 2 rings (SSSR count). The normalized spacial score (nSPS) is 10.5. The Morgan fingerprint density at radius 2 is 2.40 bits per heavy atom. The topological polar surface area (TPSA) is 28.7 Å². The maximum absolute atomic E-state index is 5.81. The first kappa shape index (κ1) is 5.74. The maximum atomic E-state index is 5.81. The lowest BCUT2D eigenvalue weighted by Gasteiger charge is -1.88. The molecule has 0 spiro atoms. The summed E-state index contributed by atoms with van der Waals surface area (Å²) in [6.07, 6.45) is 2.77. The standard InChI is InChI=1S/C7H4ClN2/c8-6-3-1-2-5-4-9-10-7(5)6/h1-3H,(H,9,10).